The number of pyridine rings is 1. The lowest BCUT2D eigenvalue weighted by atomic mass is 10.0. The Morgan fingerprint density at radius 3 is 1.79 bits per heavy atom. The fourth-order valence-corrected chi connectivity index (χ4v) is 3.03. The maximum atomic E-state index is 4.40. The highest BCUT2D eigenvalue weighted by Gasteiger charge is 1.99. The smallest absolute Gasteiger partial charge is 0.0701 e. The molecule has 1 aromatic heterocycles. The maximum absolute atomic E-state index is 4.40. The predicted molar refractivity (Wildman–Crippen MR) is 102 cm³/mol. The maximum Gasteiger partial charge on any atom is 0.0701 e. The fourth-order valence-electron chi connectivity index (χ4n) is 3.03. The standard InChI is InChI=1S/C23H25N/c1(4-10-20-11-6-3-7-12-20)2-5-13-21-15-17-22(18-16-21)23-14-8-9-19-24-23/h3,6-9,11-12,14-19H,1-2,4-5,10,13H2. The summed E-state index contributed by atoms with van der Waals surface area (Å²) in [5.74, 6) is 0. The summed E-state index contributed by atoms with van der Waals surface area (Å²) in [5.41, 5.74) is 5.13. The van der Waals surface area contributed by atoms with Gasteiger partial charge in [0.25, 0.3) is 0 Å². The van der Waals surface area contributed by atoms with Crippen LogP contribution in [0.2, 0.25) is 0 Å². The van der Waals surface area contributed by atoms with Crippen molar-refractivity contribution in [2.45, 2.75) is 38.5 Å². The van der Waals surface area contributed by atoms with Gasteiger partial charge in [-0.3, -0.25) is 4.98 Å². The molecular formula is C23H25N. The van der Waals surface area contributed by atoms with Crippen LogP contribution >= 0.6 is 0 Å². The van der Waals surface area contributed by atoms with Crippen LogP contribution in [0.15, 0.2) is 79.0 Å². The second-order valence-corrected chi connectivity index (χ2v) is 6.31. The first kappa shape index (κ1) is 16.4. The van der Waals surface area contributed by atoms with E-state index < -0.39 is 0 Å². The first-order chi connectivity index (χ1) is 11.9. The summed E-state index contributed by atoms with van der Waals surface area (Å²) in [6, 6.07) is 25.7. The van der Waals surface area contributed by atoms with E-state index in [1.807, 2.05) is 18.3 Å². The van der Waals surface area contributed by atoms with Crippen LogP contribution in [0, 0.1) is 0 Å². The summed E-state index contributed by atoms with van der Waals surface area (Å²) in [6.45, 7) is 0. The van der Waals surface area contributed by atoms with Gasteiger partial charge in [0.05, 0.1) is 5.69 Å². The average Bonchev–Trinajstić information content (AvgIpc) is 2.67. The molecule has 0 N–H and O–H groups in total. The Morgan fingerprint density at radius 2 is 1.17 bits per heavy atom. The van der Waals surface area contributed by atoms with Gasteiger partial charge in [0.1, 0.15) is 0 Å². The van der Waals surface area contributed by atoms with Gasteiger partial charge >= 0.3 is 0 Å². The van der Waals surface area contributed by atoms with Gasteiger partial charge in [-0.25, -0.2) is 0 Å². The molecule has 0 aliphatic carbocycles. The van der Waals surface area contributed by atoms with Crippen molar-refractivity contribution in [3.8, 4) is 11.3 Å². The van der Waals surface area contributed by atoms with E-state index in [9.17, 15) is 0 Å². The van der Waals surface area contributed by atoms with Crippen LogP contribution in [0.5, 0.6) is 0 Å². The summed E-state index contributed by atoms with van der Waals surface area (Å²) in [4.78, 5) is 4.40. The Bertz CT molecular complexity index is 702. The molecule has 122 valence electrons. The second kappa shape index (κ2) is 9.02. The third-order valence-corrected chi connectivity index (χ3v) is 4.44. The SMILES string of the molecule is c1ccc(CCCCCCc2ccc(-c3ccccn3)cc2)cc1. The molecule has 0 bridgehead atoms. The van der Waals surface area contributed by atoms with Crippen molar-refractivity contribution in [3.63, 3.8) is 0 Å². The molecule has 0 radical (unpaired) electrons. The van der Waals surface area contributed by atoms with Gasteiger partial charge in [-0.15, -0.1) is 0 Å². The molecule has 0 fully saturated rings. The molecule has 0 saturated heterocycles. The zero-order valence-electron chi connectivity index (χ0n) is 14.2. The van der Waals surface area contributed by atoms with Crippen LogP contribution in [0.25, 0.3) is 11.3 Å². The Kier molecular flexibility index (Phi) is 6.18. The number of benzene rings is 2. The fraction of sp³-hybridized carbons (Fsp3) is 0.261. The van der Waals surface area contributed by atoms with Crippen molar-refractivity contribution < 1.29 is 0 Å². The predicted octanol–water partition coefficient (Wildman–Crippen LogP) is 6.09. The molecule has 0 aliphatic rings. The number of hydrogen-bond acceptors (Lipinski definition) is 1. The van der Waals surface area contributed by atoms with Gasteiger partial charge in [-0.1, -0.05) is 73.5 Å². The van der Waals surface area contributed by atoms with E-state index in [0.717, 1.165) is 5.69 Å². The van der Waals surface area contributed by atoms with Gasteiger partial charge in [0.2, 0.25) is 0 Å². The van der Waals surface area contributed by atoms with Crippen molar-refractivity contribution in [1.29, 1.82) is 0 Å². The normalized spacial score (nSPS) is 10.7. The Morgan fingerprint density at radius 1 is 0.542 bits per heavy atom. The quantitative estimate of drug-likeness (QED) is 0.458. The monoisotopic (exact) mass is 315 g/mol. The first-order valence-corrected chi connectivity index (χ1v) is 8.96. The molecule has 0 atom stereocenters. The minimum Gasteiger partial charge on any atom is -0.256 e. The third-order valence-electron chi connectivity index (χ3n) is 4.44. The van der Waals surface area contributed by atoms with E-state index in [-0.39, 0.29) is 0 Å². The number of hydrogen-bond donors (Lipinski definition) is 0. The molecule has 0 unspecified atom stereocenters. The molecule has 0 aliphatic heterocycles. The largest absolute Gasteiger partial charge is 0.256 e. The summed E-state index contributed by atoms with van der Waals surface area (Å²) >= 11 is 0. The van der Waals surface area contributed by atoms with E-state index in [4.69, 9.17) is 0 Å². The second-order valence-electron chi connectivity index (χ2n) is 6.31. The molecule has 0 spiro atoms. The number of rotatable bonds is 8. The van der Waals surface area contributed by atoms with E-state index in [1.54, 1.807) is 0 Å². The summed E-state index contributed by atoms with van der Waals surface area (Å²) < 4.78 is 0. The van der Waals surface area contributed by atoms with Gasteiger partial charge in [-0.05, 0) is 48.9 Å². The minimum absolute atomic E-state index is 1.05. The molecule has 3 rings (SSSR count). The van der Waals surface area contributed by atoms with Gasteiger partial charge < -0.3 is 0 Å². The molecule has 0 amide bonds. The van der Waals surface area contributed by atoms with Crippen LogP contribution in [0.3, 0.4) is 0 Å². The van der Waals surface area contributed by atoms with Crippen LogP contribution in [0.4, 0.5) is 0 Å². The Labute approximate surface area is 145 Å². The van der Waals surface area contributed by atoms with Gasteiger partial charge in [-0.2, -0.15) is 0 Å². The van der Waals surface area contributed by atoms with Crippen LogP contribution in [0.1, 0.15) is 36.8 Å². The molecule has 1 heterocycles. The summed E-state index contributed by atoms with van der Waals surface area (Å²) in [7, 11) is 0. The first-order valence-electron chi connectivity index (χ1n) is 8.96. The van der Waals surface area contributed by atoms with Crippen LogP contribution < -0.4 is 0 Å². The zero-order chi connectivity index (χ0) is 16.5. The lowest BCUT2D eigenvalue weighted by Gasteiger charge is -2.05. The van der Waals surface area contributed by atoms with Gasteiger partial charge in [0, 0.05) is 11.8 Å². The summed E-state index contributed by atoms with van der Waals surface area (Å²) in [6.07, 6.45) is 9.43. The van der Waals surface area contributed by atoms with Crippen molar-refractivity contribution in [2.24, 2.45) is 0 Å². The zero-order valence-corrected chi connectivity index (χ0v) is 14.2. The highest BCUT2D eigenvalue weighted by atomic mass is 14.7. The number of aryl methyl sites for hydroxylation is 2. The number of aromatic nitrogens is 1. The average molecular weight is 315 g/mol. The van der Waals surface area contributed by atoms with Crippen molar-refractivity contribution in [1.82, 2.24) is 4.98 Å². The van der Waals surface area contributed by atoms with E-state index in [0.29, 0.717) is 0 Å². The van der Waals surface area contributed by atoms with Crippen molar-refractivity contribution >= 4 is 0 Å². The lowest BCUT2D eigenvalue weighted by Crippen LogP contribution is -1.89. The minimum atomic E-state index is 1.05. The molecule has 1 nitrogen and oxygen atoms in total. The Hall–Kier alpha value is -2.41. The third kappa shape index (κ3) is 5.06. The molecule has 2 aromatic carbocycles. The number of nitrogens with zero attached hydrogens (tertiary/aromatic N) is 1. The van der Waals surface area contributed by atoms with Crippen LogP contribution in [-0.4, -0.2) is 4.98 Å². The topological polar surface area (TPSA) is 12.9 Å². The highest BCUT2D eigenvalue weighted by molar-refractivity contribution is 5.58. The summed E-state index contributed by atoms with van der Waals surface area (Å²) in [5, 5.41) is 0. The molecule has 1 heteroatoms. The van der Waals surface area contributed by atoms with Gasteiger partial charge in [0.15, 0.2) is 0 Å². The van der Waals surface area contributed by atoms with Crippen molar-refractivity contribution in [2.75, 3.05) is 0 Å². The molecule has 24 heavy (non-hydrogen) atoms. The highest BCUT2D eigenvalue weighted by Crippen LogP contribution is 2.18. The lowest BCUT2D eigenvalue weighted by molar-refractivity contribution is 0.640. The van der Waals surface area contributed by atoms with Crippen molar-refractivity contribution in [3.05, 3.63) is 90.1 Å². The molecule has 0 saturated carbocycles. The molecular weight excluding hydrogens is 290 g/mol. The number of unbranched alkanes of at least 4 members (excludes halogenated alkanes) is 3. The van der Waals surface area contributed by atoms with Crippen LogP contribution in [-0.2, 0) is 12.8 Å². The van der Waals surface area contributed by atoms with E-state index in [2.05, 4.69) is 65.6 Å². The Balaban J connectivity index is 1.36. The molecule has 3 aromatic rings. The van der Waals surface area contributed by atoms with E-state index >= 15 is 0 Å². The van der Waals surface area contributed by atoms with E-state index in [1.165, 1.54) is 55.2 Å².